The van der Waals surface area contributed by atoms with Gasteiger partial charge in [0.05, 0.1) is 0 Å². The number of rotatable bonds is 3. The number of carbonyl (C=O) groups excluding carboxylic acids is 1. The van der Waals surface area contributed by atoms with Gasteiger partial charge in [-0.15, -0.1) is 0 Å². The van der Waals surface area contributed by atoms with Crippen molar-refractivity contribution in [2.24, 2.45) is 0 Å². The van der Waals surface area contributed by atoms with E-state index in [-0.39, 0.29) is 6.09 Å². The van der Waals surface area contributed by atoms with Gasteiger partial charge in [0.1, 0.15) is 5.60 Å². The van der Waals surface area contributed by atoms with Gasteiger partial charge in [-0.3, -0.25) is 4.90 Å². The van der Waals surface area contributed by atoms with Crippen LogP contribution in [-0.4, -0.2) is 66.3 Å². The quantitative estimate of drug-likeness (QED) is 0.901. The number of nitrogens with zero attached hydrogens (tertiary/aromatic N) is 2. The highest BCUT2D eigenvalue weighted by Crippen LogP contribution is 2.21. The molecule has 144 valence electrons. The largest absolute Gasteiger partial charge is 0.444 e. The lowest BCUT2D eigenvalue weighted by atomic mass is 9.99. The molecule has 2 saturated heterocycles. The van der Waals surface area contributed by atoms with E-state index in [0.29, 0.717) is 12.1 Å². The lowest BCUT2D eigenvalue weighted by Crippen LogP contribution is -2.57. The Morgan fingerprint density at radius 2 is 1.85 bits per heavy atom. The molecule has 0 aliphatic carbocycles. The SMILES string of the molecule is CC(C)(C)OC(=O)N1CCC(N2CCNC(Cc3ccccc3)C2)CC1. The first-order valence-electron chi connectivity index (χ1n) is 9.90. The third-order valence-corrected chi connectivity index (χ3v) is 5.24. The Bertz CT molecular complexity index is 577. The monoisotopic (exact) mass is 359 g/mol. The lowest BCUT2D eigenvalue weighted by molar-refractivity contribution is 0.0123. The highest BCUT2D eigenvalue weighted by molar-refractivity contribution is 5.68. The number of ether oxygens (including phenoxy) is 1. The van der Waals surface area contributed by atoms with E-state index in [0.717, 1.165) is 52.0 Å². The van der Waals surface area contributed by atoms with E-state index in [4.69, 9.17) is 4.74 Å². The van der Waals surface area contributed by atoms with E-state index in [1.807, 2.05) is 25.7 Å². The summed E-state index contributed by atoms with van der Waals surface area (Å²) in [7, 11) is 0. The number of piperazine rings is 1. The van der Waals surface area contributed by atoms with Crippen LogP contribution in [0.2, 0.25) is 0 Å². The van der Waals surface area contributed by atoms with Crippen molar-refractivity contribution in [3.8, 4) is 0 Å². The number of benzene rings is 1. The highest BCUT2D eigenvalue weighted by Gasteiger charge is 2.31. The van der Waals surface area contributed by atoms with Crippen LogP contribution in [0.15, 0.2) is 30.3 Å². The number of piperidine rings is 1. The molecule has 0 bridgehead atoms. The number of nitrogens with one attached hydrogen (secondary N) is 1. The second-order valence-electron chi connectivity index (χ2n) is 8.53. The van der Waals surface area contributed by atoms with Crippen LogP contribution in [0.25, 0.3) is 0 Å². The van der Waals surface area contributed by atoms with Crippen molar-refractivity contribution in [2.75, 3.05) is 32.7 Å². The molecule has 0 radical (unpaired) electrons. The third kappa shape index (κ3) is 5.45. The zero-order valence-electron chi connectivity index (χ0n) is 16.4. The molecule has 1 N–H and O–H groups in total. The first-order valence-corrected chi connectivity index (χ1v) is 9.90. The molecular formula is C21H33N3O2. The first kappa shape index (κ1) is 19.2. The summed E-state index contributed by atoms with van der Waals surface area (Å²) in [4.78, 5) is 16.7. The van der Waals surface area contributed by atoms with Crippen LogP contribution in [0.4, 0.5) is 4.79 Å². The highest BCUT2D eigenvalue weighted by atomic mass is 16.6. The van der Waals surface area contributed by atoms with Crippen LogP contribution >= 0.6 is 0 Å². The Labute approximate surface area is 157 Å². The van der Waals surface area contributed by atoms with Gasteiger partial charge in [-0.1, -0.05) is 30.3 Å². The summed E-state index contributed by atoms with van der Waals surface area (Å²) in [5.41, 5.74) is 0.975. The van der Waals surface area contributed by atoms with E-state index in [9.17, 15) is 4.79 Å². The van der Waals surface area contributed by atoms with Gasteiger partial charge in [0.25, 0.3) is 0 Å². The van der Waals surface area contributed by atoms with Crippen molar-refractivity contribution in [1.82, 2.24) is 15.1 Å². The van der Waals surface area contributed by atoms with Gasteiger partial charge in [-0.05, 0) is 45.6 Å². The van der Waals surface area contributed by atoms with E-state index < -0.39 is 5.60 Å². The summed E-state index contributed by atoms with van der Waals surface area (Å²) in [6, 6.07) is 11.8. The van der Waals surface area contributed by atoms with E-state index >= 15 is 0 Å². The average molecular weight is 360 g/mol. The van der Waals surface area contributed by atoms with Gasteiger partial charge in [-0.25, -0.2) is 4.79 Å². The summed E-state index contributed by atoms with van der Waals surface area (Å²) in [5.74, 6) is 0. The van der Waals surface area contributed by atoms with Gasteiger partial charge in [0.15, 0.2) is 0 Å². The molecule has 1 unspecified atom stereocenters. The van der Waals surface area contributed by atoms with Crippen molar-refractivity contribution >= 4 is 6.09 Å². The standard InChI is InChI=1S/C21H33N3O2/c1-21(2,3)26-20(25)23-12-9-19(10-13-23)24-14-11-22-18(16-24)15-17-7-5-4-6-8-17/h4-8,18-19,22H,9-16H2,1-3H3. The molecule has 0 spiro atoms. The average Bonchev–Trinajstić information content (AvgIpc) is 2.61. The van der Waals surface area contributed by atoms with Gasteiger partial charge in [-0.2, -0.15) is 0 Å². The molecule has 2 aliphatic rings. The van der Waals surface area contributed by atoms with Gasteiger partial charge in [0, 0.05) is 44.8 Å². The normalized spacial score (nSPS) is 23.0. The summed E-state index contributed by atoms with van der Waals surface area (Å²) in [5, 5.41) is 3.66. The van der Waals surface area contributed by atoms with Crippen LogP contribution in [0.3, 0.4) is 0 Å². The molecule has 26 heavy (non-hydrogen) atoms. The fraction of sp³-hybridized carbons (Fsp3) is 0.667. The van der Waals surface area contributed by atoms with Gasteiger partial charge in [0.2, 0.25) is 0 Å². The molecule has 0 aromatic heterocycles. The minimum atomic E-state index is -0.420. The molecule has 1 aromatic carbocycles. The second kappa shape index (κ2) is 8.40. The number of hydrogen-bond donors (Lipinski definition) is 1. The molecule has 5 nitrogen and oxygen atoms in total. The zero-order chi connectivity index (χ0) is 18.6. The maximum Gasteiger partial charge on any atom is 0.410 e. The Kier molecular flexibility index (Phi) is 6.20. The summed E-state index contributed by atoms with van der Waals surface area (Å²) in [6.45, 7) is 10.6. The van der Waals surface area contributed by atoms with Gasteiger partial charge < -0.3 is 15.0 Å². The molecule has 1 atom stereocenters. The Balaban J connectivity index is 1.47. The lowest BCUT2D eigenvalue weighted by Gasteiger charge is -2.42. The van der Waals surface area contributed by atoms with Crippen LogP contribution in [0, 0.1) is 0 Å². The molecule has 5 heteroatoms. The molecular weight excluding hydrogens is 326 g/mol. The van der Waals surface area contributed by atoms with Crippen molar-refractivity contribution in [3.63, 3.8) is 0 Å². The third-order valence-electron chi connectivity index (χ3n) is 5.24. The number of likely N-dealkylation sites (tertiary alicyclic amines) is 1. The van der Waals surface area contributed by atoms with Crippen molar-refractivity contribution in [2.45, 2.75) is 57.7 Å². The fourth-order valence-electron chi connectivity index (χ4n) is 3.96. The summed E-state index contributed by atoms with van der Waals surface area (Å²) < 4.78 is 5.50. The Morgan fingerprint density at radius 3 is 2.50 bits per heavy atom. The topological polar surface area (TPSA) is 44.8 Å². The van der Waals surface area contributed by atoms with Crippen LogP contribution in [0.1, 0.15) is 39.2 Å². The maximum atomic E-state index is 12.2. The van der Waals surface area contributed by atoms with Crippen molar-refractivity contribution in [3.05, 3.63) is 35.9 Å². The summed E-state index contributed by atoms with van der Waals surface area (Å²) in [6.07, 6.45) is 2.99. The molecule has 0 saturated carbocycles. The number of hydrogen-bond acceptors (Lipinski definition) is 4. The molecule has 1 amide bonds. The van der Waals surface area contributed by atoms with E-state index in [1.54, 1.807) is 0 Å². The van der Waals surface area contributed by atoms with Gasteiger partial charge >= 0.3 is 6.09 Å². The van der Waals surface area contributed by atoms with E-state index in [2.05, 4.69) is 40.5 Å². The summed E-state index contributed by atoms with van der Waals surface area (Å²) >= 11 is 0. The van der Waals surface area contributed by atoms with Crippen LogP contribution in [-0.2, 0) is 11.2 Å². The minimum Gasteiger partial charge on any atom is -0.444 e. The fourth-order valence-corrected chi connectivity index (χ4v) is 3.96. The minimum absolute atomic E-state index is 0.168. The predicted octanol–water partition coefficient (Wildman–Crippen LogP) is 2.90. The second-order valence-corrected chi connectivity index (χ2v) is 8.53. The molecule has 2 heterocycles. The number of amides is 1. The molecule has 3 rings (SSSR count). The smallest absolute Gasteiger partial charge is 0.410 e. The molecule has 2 aliphatic heterocycles. The molecule has 2 fully saturated rings. The molecule has 1 aromatic rings. The van der Waals surface area contributed by atoms with Crippen LogP contribution < -0.4 is 5.32 Å². The zero-order valence-corrected chi connectivity index (χ0v) is 16.4. The first-order chi connectivity index (χ1) is 12.4. The van der Waals surface area contributed by atoms with Crippen LogP contribution in [0.5, 0.6) is 0 Å². The Morgan fingerprint density at radius 1 is 1.15 bits per heavy atom. The predicted molar refractivity (Wildman–Crippen MR) is 104 cm³/mol. The van der Waals surface area contributed by atoms with Crippen molar-refractivity contribution < 1.29 is 9.53 Å². The van der Waals surface area contributed by atoms with Crippen molar-refractivity contribution in [1.29, 1.82) is 0 Å². The maximum absolute atomic E-state index is 12.2. The number of carbonyl (C=O) groups is 1. The Hall–Kier alpha value is -1.59. The van der Waals surface area contributed by atoms with E-state index in [1.165, 1.54) is 5.56 Å².